The SMILES string of the molecule is CCCCCCCCCCCCCCCCCCCCCCCC1=NC=C[N+]1(CCN)CC(=O)[O-]. The first-order valence-electron chi connectivity index (χ1n) is 15.2. The molecule has 0 saturated heterocycles. The van der Waals surface area contributed by atoms with Gasteiger partial charge >= 0.3 is 0 Å². The van der Waals surface area contributed by atoms with Crippen molar-refractivity contribution < 1.29 is 14.4 Å². The first-order chi connectivity index (χ1) is 17.1. The molecule has 0 amide bonds. The van der Waals surface area contributed by atoms with Crippen molar-refractivity contribution in [3.05, 3.63) is 12.4 Å². The molecule has 1 heterocycles. The maximum atomic E-state index is 11.2. The third-order valence-electron chi connectivity index (χ3n) is 7.53. The van der Waals surface area contributed by atoms with Crippen LogP contribution in [0.25, 0.3) is 0 Å². The van der Waals surface area contributed by atoms with Crippen molar-refractivity contribution in [2.24, 2.45) is 10.7 Å². The van der Waals surface area contributed by atoms with E-state index in [-0.39, 0.29) is 11.0 Å². The van der Waals surface area contributed by atoms with Gasteiger partial charge in [-0.3, -0.25) is 0 Å². The predicted molar refractivity (Wildman–Crippen MR) is 148 cm³/mol. The van der Waals surface area contributed by atoms with E-state index in [1.165, 1.54) is 128 Å². The molecule has 5 nitrogen and oxygen atoms in total. The molecule has 0 bridgehead atoms. The van der Waals surface area contributed by atoms with Gasteiger partial charge in [-0.15, -0.1) is 0 Å². The molecule has 0 fully saturated rings. The van der Waals surface area contributed by atoms with Crippen molar-refractivity contribution in [1.29, 1.82) is 0 Å². The van der Waals surface area contributed by atoms with E-state index < -0.39 is 5.97 Å². The number of carboxylic acid groups (broad SMARTS) is 1. The molecular weight excluding hydrogens is 434 g/mol. The van der Waals surface area contributed by atoms with Gasteiger partial charge in [-0.05, 0) is 6.42 Å². The summed E-state index contributed by atoms with van der Waals surface area (Å²) in [5.74, 6) is -0.117. The van der Waals surface area contributed by atoms with Crippen LogP contribution in [0.5, 0.6) is 0 Å². The van der Waals surface area contributed by atoms with Gasteiger partial charge < -0.3 is 15.6 Å². The number of carbonyl (C=O) groups excluding carboxylic acids is 1. The molecule has 1 aliphatic rings. The number of hydrogen-bond donors (Lipinski definition) is 1. The summed E-state index contributed by atoms with van der Waals surface area (Å²) in [4.78, 5) is 15.6. The third kappa shape index (κ3) is 16.2. The lowest BCUT2D eigenvalue weighted by atomic mass is 10.0. The largest absolute Gasteiger partial charge is 0.544 e. The number of nitrogens with two attached hydrogens (primary N) is 1. The Morgan fingerprint density at radius 1 is 0.743 bits per heavy atom. The van der Waals surface area contributed by atoms with Crippen LogP contribution in [0.2, 0.25) is 0 Å². The Bertz CT molecular complexity index is 576. The highest BCUT2D eigenvalue weighted by atomic mass is 16.4. The van der Waals surface area contributed by atoms with Gasteiger partial charge in [-0.1, -0.05) is 135 Å². The monoisotopic (exact) mass is 491 g/mol. The summed E-state index contributed by atoms with van der Waals surface area (Å²) < 4.78 is 0.248. The molecule has 0 aliphatic carbocycles. The number of carbonyl (C=O) groups is 1. The Labute approximate surface area is 217 Å². The average molecular weight is 492 g/mol. The molecule has 0 radical (unpaired) electrons. The molecule has 1 aliphatic heterocycles. The van der Waals surface area contributed by atoms with Crippen molar-refractivity contribution in [3.63, 3.8) is 0 Å². The van der Waals surface area contributed by atoms with E-state index in [1.54, 1.807) is 6.20 Å². The van der Waals surface area contributed by atoms with Gasteiger partial charge in [0.2, 0.25) is 5.84 Å². The number of rotatable bonds is 26. The van der Waals surface area contributed by atoms with E-state index in [9.17, 15) is 9.90 Å². The van der Waals surface area contributed by atoms with Gasteiger partial charge in [0.1, 0.15) is 19.3 Å². The molecule has 0 aromatic rings. The highest BCUT2D eigenvalue weighted by molar-refractivity contribution is 5.80. The summed E-state index contributed by atoms with van der Waals surface area (Å²) >= 11 is 0. The zero-order valence-electron chi connectivity index (χ0n) is 23.1. The van der Waals surface area contributed by atoms with Crippen molar-refractivity contribution in [2.75, 3.05) is 19.6 Å². The van der Waals surface area contributed by atoms with Crippen LogP contribution in [0.15, 0.2) is 17.4 Å². The minimum Gasteiger partial charge on any atom is -0.544 e. The Morgan fingerprint density at radius 2 is 1.14 bits per heavy atom. The third-order valence-corrected chi connectivity index (χ3v) is 7.53. The van der Waals surface area contributed by atoms with E-state index in [2.05, 4.69) is 11.9 Å². The van der Waals surface area contributed by atoms with Crippen LogP contribution in [0.3, 0.4) is 0 Å². The van der Waals surface area contributed by atoms with Crippen LogP contribution in [-0.2, 0) is 4.79 Å². The highest BCUT2D eigenvalue weighted by Crippen LogP contribution is 2.21. The smallest absolute Gasteiger partial charge is 0.207 e. The molecule has 0 spiro atoms. The van der Waals surface area contributed by atoms with Crippen LogP contribution < -0.4 is 10.8 Å². The summed E-state index contributed by atoms with van der Waals surface area (Å²) in [7, 11) is 0. The van der Waals surface area contributed by atoms with Crippen LogP contribution >= 0.6 is 0 Å². The fraction of sp³-hybridized carbons (Fsp3) is 0.867. The first kappa shape index (κ1) is 31.8. The Hall–Kier alpha value is -1.20. The van der Waals surface area contributed by atoms with E-state index in [4.69, 9.17) is 5.73 Å². The zero-order chi connectivity index (χ0) is 25.5. The first-order valence-corrected chi connectivity index (χ1v) is 15.2. The van der Waals surface area contributed by atoms with Crippen molar-refractivity contribution in [3.8, 4) is 0 Å². The van der Waals surface area contributed by atoms with Crippen LogP contribution in [0, 0.1) is 0 Å². The molecule has 0 aromatic carbocycles. The maximum Gasteiger partial charge on any atom is 0.207 e. The molecule has 5 heteroatoms. The zero-order valence-corrected chi connectivity index (χ0v) is 23.1. The molecular formula is C30H57N3O2. The maximum absolute atomic E-state index is 11.2. The van der Waals surface area contributed by atoms with Crippen LogP contribution in [0.4, 0.5) is 0 Å². The van der Waals surface area contributed by atoms with E-state index in [1.807, 2.05) is 6.20 Å². The number of unbranched alkanes of at least 4 members (excludes halogenated alkanes) is 20. The topological polar surface area (TPSA) is 78.5 Å². The van der Waals surface area contributed by atoms with Crippen LogP contribution in [0.1, 0.15) is 148 Å². The second kappa shape index (κ2) is 22.0. The van der Waals surface area contributed by atoms with Gasteiger partial charge in [-0.25, -0.2) is 9.48 Å². The van der Waals surface area contributed by atoms with E-state index in [0.29, 0.717) is 13.1 Å². The predicted octanol–water partition coefficient (Wildman–Crippen LogP) is 7.00. The van der Waals surface area contributed by atoms with Gasteiger partial charge in [0.05, 0.1) is 12.2 Å². The second-order valence-corrected chi connectivity index (χ2v) is 10.7. The molecule has 1 atom stereocenters. The average Bonchev–Trinajstić information content (AvgIpc) is 3.21. The lowest BCUT2D eigenvalue weighted by Gasteiger charge is -2.32. The Kier molecular flexibility index (Phi) is 20.0. The van der Waals surface area contributed by atoms with Crippen LogP contribution in [-0.4, -0.2) is 35.9 Å². The van der Waals surface area contributed by atoms with Gasteiger partial charge in [0.15, 0.2) is 0 Å². The molecule has 2 N–H and O–H groups in total. The minimum absolute atomic E-state index is 0.0637. The summed E-state index contributed by atoms with van der Waals surface area (Å²) in [6.07, 6.45) is 33.4. The number of carboxylic acids is 1. The number of hydrogen-bond acceptors (Lipinski definition) is 4. The Morgan fingerprint density at radius 3 is 1.51 bits per heavy atom. The molecule has 0 saturated carbocycles. The molecule has 35 heavy (non-hydrogen) atoms. The summed E-state index contributed by atoms with van der Waals surface area (Å²) in [6, 6.07) is 0. The van der Waals surface area contributed by atoms with Gasteiger partial charge in [0, 0.05) is 13.0 Å². The molecule has 204 valence electrons. The normalized spacial score (nSPS) is 17.3. The molecule has 1 rings (SSSR count). The summed E-state index contributed by atoms with van der Waals surface area (Å²) in [5.41, 5.74) is 5.72. The second-order valence-electron chi connectivity index (χ2n) is 10.7. The number of aliphatic imine (C=N–C) groups is 1. The number of aliphatic carboxylic acids is 1. The van der Waals surface area contributed by atoms with Crippen molar-refractivity contribution in [2.45, 2.75) is 148 Å². The van der Waals surface area contributed by atoms with E-state index >= 15 is 0 Å². The summed E-state index contributed by atoms with van der Waals surface area (Å²) in [6.45, 7) is 3.24. The van der Waals surface area contributed by atoms with Crippen molar-refractivity contribution in [1.82, 2.24) is 0 Å². The van der Waals surface area contributed by atoms with Crippen molar-refractivity contribution >= 4 is 11.8 Å². The Balaban J connectivity index is 1.85. The number of quaternary nitrogens is 1. The fourth-order valence-electron chi connectivity index (χ4n) is 5.34. The quantitative estimate of drug-likeness (QED) is 0.104. The standard InChI is InChI=1S/C30H57N3O2/c1-2-3-4-5-6-7-8-9-10-11-12-13-14-15-16-17-18-19-20-21-22-23-29-32-25-27-33(29,26-24-31)28-30(34)35/h25,27H,2-24,26,28,31H2,1H3. The fourth-order valence-corrected chi connectivity index (χ4v) is 5.34. The number of nitrogens with zero attached hydrogens (tertiary/aromatic N) is 2. The minimum atomic E-state index is -1.04. The molecule has 0 aromatic heterocycles. The van der Waals surface area contributed by atoms with Gasteiger partial charge in [-0.2, -0.15) is 0 Å². The van der Waals surface area contributed by atoms with Gasteiger partial charge in [0.25, 0.3) is 0 Å². The molecule has 1 unspecified atom stereocenters. The summed E-state index contributed by atoms with van der Waals surface area (Å²) in [5, 5.41) is 11.2. The lowest BCUT2D eigenvalue weighted by molar-refractivity contribution is -0.780. The van der Waals surface area contributed by atoms with E-state index in [0.717, 1.165) is 18.7 Å². The lowest BCUT2D eigenvalue weighted by Crippen LogP contribution is -2.55. The highest BCUT2D eigenvalue weighted by Gasteiger charge is 2.34. The number of amidine groups is 1.